The molecule has 2 aromatic carbocycles. The van der Waals surface area contributed by atoms with E-state index in [0.29, 0.717) is 23.0 Å². The van der Waals surface area contributed by atoms with Gasteiger partial charge < -0.3 is 4.90 Å². The second kappa shape index (κ2) is 8.06. The highest BCUT2D eigenvalue weighted by Gasteiger charge is 2.28. The van der Waals surface area contributed by atoms with Crippen molar-refractivity contribution in [3.8, 4) is 0 Å². The van der Waals surface area contributed by atoms with Crippen molar-refractivity contribution in [2.75, 3.05) is 32.7 Å². The molecule has 0 atom stereocenters. The molecule has 4 nitrogen and oxygen atoms in total. The minimum Gasteiger partial charge on any atom is -0.300 e. The van der Waals surface area contributed by atoms with Crippen LogP contribution in [0.3, 0.4) is 0 Å². The highest BCUT2D eigenvalue weighted by Crippen LogP contribution is 2.20. The van der Waals surface area contributed by atoms with Gasteiger partial charge in [0.05, 0.1) is 4.90 Å². The van der Waals surface area contributed by atoms with E-state index in [0.717, 1.165) is 31.1 Å². The fourth-order valence-electron chi connectivity index (χ4n) is 2.89. The van der Waals surface area contributed by atoms with Crippen molar-refractivity contribution in [2.24, 2.45) is 0 Å². The van der Waals surface area contributed by atoms with Crippen molar-refractivity contribution in [1.29, 1.82) is 0 Å². The van der Waals surface area contributed by atoms with Gasteiger partial charge in [-0.15, -0.1) is 0 Å². The summed E-state index contributed by atoms with van der Waals surface area (Å²) in [5.41, 5.74) is 1.24. The van der Waals surface area contributed by atoms with Gasteiger partial charge in [0.1, 0.15) is 0 Å². The standard InChI is InChI=1S/C18H20Cl2N2O2S/c19-16-3-1-15(2-4-16)9-10-21-11-13-22(14-12-21)25(23,24)18-7-5-17(20)6-8-18/h1-8H,9-14H2. The molecule has 0 radical (unpaired) electrons. The first-order valence-electron chi connectivity index (χ1n) is 8.18. The highest BCUT2D eigenvalue weighted by atomic mass is 35.5. The zero-order valence-electron chi connectivity index (χ0n) is 13.7. The topological polar surface area (TPSA) is 40.6 Å². The van der Waals surface area contributed by atoms with Crippen molar-refractivity contribution < 1.29 is 8.42 Å². The number of halogens is 2. The maximum absolute atomic E-state index is 12.7. The van der Waals surface area contributed by atoms with Crippen molar-refractivity contribution in [1.82, 2.24) is 9.21 Å². The number of piperazine rings is 1. The van der Waals surface area contributed by atoms with E-state index in [4.69, 9.17) is 23.2 Å². The van der Waals surface area contributed by atoms with Crippen molar-refractivity contribution >= 4 is 33.2 Å². The summed E-state index contributed by atoms with van der Waals surface area (Å²) in [5, 5.41) is 1.27. The number of sulfonamides is 1. The zero-order chi connectivity index (χ0) is 17.9. The second-order valence-corrected chi connectivity index (χ2v) is 8.89. The van der Waals surface area contributed by atoms with E-state index in [1.165, 1.54) is 5.56 Å². The van der Waals surface area contributed by atoms with Crippen LogP contribution in [-0.2, 0) is 16.4 Å². The first kappa shape index (κ1) is 18.7. The van der Waals surface area contributed by atoms with Crippen LogP contribution in [0.5, 0.6) is 0 Å². The molecule has 7 heteroatoms. The Morgan fingerprint density at radius 2 is 1.32 bits per heavy atom. The van der Waals surface area contributed by atoms with Crippen LogP contribution in [0.4, 0.5) is 0 Å². The van der Waals surface area contributed by atoms with E-state index in [9.17, 15) is 8.42 Å². The molecule has 134 valence electrons. The molecule has 0 unspecified atom stereocenters. The van der Waals surface area contributed by atoms with E-state index in [-0.39, 0.29) is 0 Å². The molecule has 0 bridgehead atoms. The third kappa shape index (κ3) is 4.74. The molecule has 0 amide bonds. The predicted molar refractivity (Wildman–Crippen MR) is 102 cm³/mol. The Bertz CT molecular complexity index is 800. The van der Waals surface area contributed by atoms with Gasteiger partial charge in [-0.1, -0.05) is 35.3 Å². The minimum atomic E-state index is -3.44. The molecule has 0 N–H and O–H groups in total. The van der Waals surface area contributed by atoms with Crippen LogP contribution in [0.1, 0.15) is 5.56 Å². The fourth-order valence-corrected chi connectivity index (χ4v) is 4.56. The second-order valence-electron chi connectivity index (χ2n) is 6.08. The summed E-state index contributed by atoms with van der Waals surface area (Å²) in [6.45, 7) is 3.40. The van der Waals surface area contributed by atoms with Crippen LogP contribution in [0.2, 0.25) is 10.0 Å². The zero-order valence-corrected chi connectivity index (χ0v) is 16.1. The maximum Gasteiger partial charge on any atom is 0.243 e. The Balaban J connectivity index is 1.54. The van der Waals surface area contributed by atoms with Crippen molar-refractivity contribution in [3.63, 3.8) is 0 Å². The summed E-state index contributed by atoms with van der Waals surface area (Å²) in [6.07, 6.45) is 0.932. The summed E-state index contributed by atoms with van der Waals surface area (Å²) in [5.74, 6) is 0. The number of hydrogen-bond acceptors (Lipinski definition) is 3. The third-order valence-corrected chi connectivity index (χ3v) is 6.83. The Morgan fingerprint density at radius 3 is 1.88 bits per heavy atom. The Kier molecular flexibility index (Phi) is 6.02. The number of hydrogen-bond donors (Lipinski definition) is 0. The highest BCUT2D eigenvalue weighted by molar-refractivity contribution is 7.89. The molecule has 2 aromatic rings. The van der Waals surface area contributed by atoms with Crippen LogP contribution in [0.25, 0.3) is 0 Å². The van der Waals surface area contributed by atoms with E-state index in [2.05, 4.69) is 4.90 Å². The van der Waals surface area contributed by atoms with E-state index < -0.39 is 10.0 Å². The van der Waals surface area contributed by atoms with Crippen molar-refractivity contribution in [3.05, 3.63) is 64.1 Å². The quantitative estimate of drug-likeness (QED) is 0.772. The van der Waals surface area contributed by atoms with E-state index in [1.54, 1.807) is 28.6 Å². The predicted octanol–water partition coefficient (Wildman–Crippen LogP) is 3.54. The molecule has 1 aliphatic heterocycles. The molecule has 1 saturated heterocycles. The molecule has 3 rings (SSSR count). The third-order valence-electron chi connectivity index (χ3n) is 4.41. The first-order chi connectivity index (χ1) is 11.9. The van der Waals surface area contributed by atoms with Crippen LogP contribution in [-0.4, -0.2) is 50.3 Å². The first-order valence-corrected chi connectivity index (χ1v) is 10.4. The molecule has 0 saturated carbocycles. The van der Waals surface area contributed by atoms with Crippen LogP contribution in [0.15, 0.2) is 53.4 Å². The average Bonchev–Trinajstić information content (AvgIpc) is 2.62. The van der Waals surface area contributed by atoms with Gasteiger partial charge in [-0.3, -0.25) is 0 Å². The molecule has 1 aliphatic rings. The summed E-state index contributed by atoms with van der Waals surface area (Å²) < 4.78 is 26.9. The molecule has 1 heterocycles. The van der Waals surface area contributed by atoms with Gasteiger partial charge in [0, 0.05) is 42.8 Å². The van der Waals surface area contributed by atoms with Gasteiger partial charge in [-0.05, 0) is 48.4 Å². The van der Waals surface area contributed by atoms with Crippen LogP contribution in [0, 0.1) is 0 Å². The summed E-state index contributed by atoms with van der Waals surface area (Å²) in [7, 11) is -3.44. The molecular formula is C18H20Cl2N2O2S. The van der Waals surface area contributed by atoms with Gasteiger partial charge in [-0.25, -0.2) is 8.42 Å². The normalized spacial score (nSPS) is 16.9. The molecule has 0 spiro atoms. The van der Waals surface area contributed by atoms with Gasteiger partial charge >= 0.3 is 0 Å². The monoisotopic (exact) mass is 398 g/mol. The van der Waals surface area contributed by atoms with Gasteiger partial charge in [0.25, 0.3) is 0 Å². The summed E-state index contributed by atoms with van der Waals surface area (Å²) in [4.78, 5) is 2.59. The number of benzene rings is 2. The average molecular weight is 399 g/mol. The lowest BCUT2D eigenvalue weighted by Gasteiger charge is -2.34. The summed E-state index contributed by atoms with van der Waals surface area (Å²) in [6, 6.07) is 14.2. The molecular weight excluding hydrogens is 379 g/mol. The van der Waals surface area contributed by atoms with Crippen molar-refractivity contribution in [2.45, 2.75) is 11.3 Å². The molecule has 1 fully saturated rings. The Labute approximate surface area is 159 Å². The molecule has 25 heavy (non-hydrogen) atoms. The number of nitrogens with zero attached hydrogens (tertiary/aromatic N) is 2. The lowest BCUT2D eigenvalue weighted by Crippen LogP contribution is -2.48. The minimum absolute atomic E-state index is 0.298. The summed E-state index contributed by atoms with van der Waals surface area (Å²) >= 11 is 11.7. The van der Waals surface area contributed by atoms with E-state index >= 15 is 0 Å². The van der Waals surface area contributed by atoms with Crippen LogP contribution < -0.4 is 0 Å². The lowest BCUT2D eigenvalue weighted by atomic mass is 10.1. The fraction of sp³-hybridized carbons (Fsp3) is 0.333. The Hall–Kier alpha value is -1.11. The number of rotatable bonds is 5. The smallest absolute Gasteiger partial charge is 0.243 e. The van der Waals surface area contributed by atoms with Gasteiger partial charge in [-0.2, -0.15) is 4.31 Å². The van der Waals surface area contributed by atoms with E-state index in [1.807, 2.05) is 24.3 Å². The molecule has 0 aliphatic carbocycles. The Morgan fingerprint density at radius 1 is 0.800 bits per heavy atom. The molecule has 0 aromatic heterocycles. The SMILES string of the molecule is O=S(=O)(c1ccc(Cl)cc1)N1CCN(CCc2ccc(Cl)cc2)CC1. The lowest BCUT2D eigenvalue weighted by molar-refractivity contribution is 0.190. The van der Waals surface area contributed by atoms with Gasteiger partial charge in [0.15, 0.2) is 0 Å². The van der Waals surface area contributed by atoms with Crippen LogP contribution >= 0.6 is 23.2 Å². The van der Waals surface area contributed by atoms with Gasteiger partial charge in [0.2, 0.25) is 10.0 Å². The maximum atomic E-state index is 12.7. The largest absolute Gasteiger partial charge is 0.300 e.